The fraction of sp³-hybridized carbons (Fsp3) is 0.182. The van der Waals surface area contributed by atoms with Crippen LogP contribution in [0.4, 0.5) is 0 Å². The molecule has 5 nitrogen and oxygen atoms in total. The molecule has 0 bridgehead atoms. The lowest BCUT2D eigenvalue weighted by molar-refractivity contribution is 0.758. The minimum atomic E-state index is 0. The number of guanidine groups is 1. The zero-order chi connectivity index (χ0) is 19.8. The van der Waals surface area contributed by atoms with E-state index in [-0.39, 0.29) is 29.5 Å². The van der Waals surface area contributed by atoms with Gasteiger partial charge in [-0.15, -0.1) is 24.0 Å². The lowest BCUT2D eigenvalue weighted by atomic mass is 10.1. The Kier molecular flexibility index (Phi) is 9.21. The number of pyridine rings is 1. The summed E-state index contributed by atoms with van der Waals surface area (Å²) in [4.78, 5) is 16.1. The highest BCUT2D eigenvalue weighted by Crippen LogP contribution is 2.14. The van der Waals surface area contributed by atoms with Crippen molar-refractivity contribution in [3.63, 3.8) is 0 Å². The fourth-order valence-corrected chi connectivity index (χ4v) is 2.98. The van der Waals surface area contributed by atoms with Crippen LogP contribution in [0, 0.1) is 0 Å². The van der Waals surface area contributed by atoms with Gasteiger partial charge in [-0.2, -0.15) is 0 Å². The van der Waals surface area contributed by atoms with Crippen LogP contribution in [0.5, 0.6) is 0 Å². The molecule has 0 fully saturated rings. The quantitative estimate of drug-likeness (QED) is 0.292. The first-order valence-electron chi connectivity index (χ1n) is 9.07. The van der Waals surface area contributed by atoms with E-state index in [0.29, 0.717) is 25.6 Å². The highest BCUT2D eigenvalue weighted by atomic mass is 127. The average molecular weight is 523 g/mol. The topological polar surface area (TPSA) is 58.4 Å². The average Bonchev–Trinajstić information content (AvgIpc) is 2.72. The maximum Gasteiger partial charge on any atom is 0.250 e. The number of nitrogens with zero attached hydrogens (tertiary/aromatic N) is 2. The summed E-state index contributed by atoms with van der Waals surface area (Å²) >= 11 is 6.18. The number of benzene rings is 2. The van der Waals surface area contributed by atoms with Gasteiger partial charge in [0.05, 0.1) is 6.54 Å². The van der Waals surface area contributed by atoms with Gasteiger partial charge in [-0.05, 0) is 28.8 Å². The number of aromatic nitrogens is 1. The second kappa shape index (κ2) is 11.6. The van der Waals surface area contributed by atoms with Crippen molar-refractivity contribution >= 4 is 41.5 Å². The molecule has 7 heteroatoms. The van der Waals surface area contributed by atoms with E-state index in [1.165, 1.54) is 0 Å². The van der Waals surface area contributed by atoms with Crippen molar-refractivity contribution in [1.29, 1.82) is 0 Å². The first-order valence-corrected chi connectivity index (χ1v) is 9.45. The Morgan fingerprint density at radius 1 is 0.931 bits per heavy atom. The van der Waals surface area contributed by atoms with E-state index in [1.54, 1.807) is 29.9 Å². The molecule has 0 radical (unpaired) electrons. The number of hydrogen-bond donors (Lipinski definition) is 2. The summed E-state index contributed by atoms with van der Waals surface area (Å²) in [6, 6.07) is 21.1. The number of hydrogen-bond acceptors (Lipinski definition) is 2. The Bertz CT molecular complexity index is 1000. The molecule has 0 atom stereocenters. The van der Waals surface area contributed by atoms with Gasteiger partial charge in [0.25, 0.3) is 5.56 Å². The predicted molar refractivity (Wildman–Crippen MR) is 130 cm³/mol. The second-order valence-electron chi connectivity index (χ2n) is 6.35. The standard InChI is InChI=1S/C22H23ClN4O.HI/c1-24-22(26-15-19-6-2-3-7-20(19)23)25-14-17-9-11-18(12-10-17)16-27-13-5-4-8-21(27)28;/h2-13H,14-16H2,1H3,(H2,24,25,26);1H. The van der Waals surface area contributed by atoms with Crippen molar-refractivity contribution in [2.75, 3.05) is 7.05 Å². The Morgan fingerprint density at radius 3 is 2.28 bits per heavy atom. The van der Waals surface area contributed by atoms with Crippen LogP contribution in [0.2, 0.25) is 5.02 Å². The van der Waals surface area contributed by atoms with Crippen LogP contribution >= 0.6 is 35.6 Å². The minimum Gasteiger partial charge on any atom is -0.352 e. The fourth-order valence-electron chi connectivity index (χ4n) is 2.78. The zero-order valence-corrected chi connectivity index (χ0v) is 19.2. The normalized spacial score (nSPS) is 10.9. The molecule has 0 spiro atoms. The molecule has 3 aromatic rings. The molecular formula is C22H24ClIN4O. The van der Waals surface area contributed by atoms with Gasteiger partial charge in [-0.25, -0.2) is 0 Å². The molecule has 0 saturated carbocycles. The molecule has 3 rings (SSSR count). The third kappa shape index (κ3) is 6.90. The Balaban J connectivity index is 0.00000300. The molecule has 1 aromatic heterocycles. The number of aliphatic imine (C=N–C) groups is 1. The lowest BCUT2D eigenvalue weighted by Gasteiger charge is -2.13. The Hall–Kier alpha value is -2.32. The summed E-state index contributed by atoms with van der Waals surface area (Å²) < 4.78 is 1.69. The molecule has 0 amide bonds. The largest absolute Gasteiger partial charge is 0.352 e. The lowest BCUT2D eigenvalue weighted by Crippen LogP contribution is -2.36. The maximum atomic E-state index is 11.8. The van der Waals surface area contributed by atoms with E-state index < -0.39 is 0 Å². The summed E-state index contributed by atoms with van der Waals surface area (Å²) in [5, 5.41) is 7.29. The van der Waals surface area contributed by atoms with E-state index in [0.717, 1.165) is 21.7 Å². The number of rotatable bonds is 6. The van der Waals surface area contributed by atoms with Gasteiger partial charge in [0.2, 0.25) is 0 Å². The Morgan fingerprint density at radius 2 is 1.59 bits per heavy atom. The Labute approximate surface area is 192 Å². The molecule has 1 heterocycles. The van der Waals surface area contributed by atoms with Crippen molar-refractivity contribution in [2.24, 2.45) is 4.99 Å². The van der Waals surface area contributed by atoms with Crippen LogP contribution in [-0.4, -0.2) is 17.6 Å². The third-order valence-electron chi connectivity index (χ3n) is 4.36. The van der Waals surface area contributed by atoms with Crippen molar-refractivity contribution < 1.29 is 0 Å². The summed E-state index contributed by atoms with van der Waals surface area (Å²) in [6.07, 6.45) is 1.80. The van der Waals surface area contributed by atoms with Crippen LogP contribution in [0.1, 0.15) is 16.7 Å². The smallest absolute Gasteiger partial charge is 0.250 e. The van der Waals surface area contributed by atoms with Gasteiger partial charge >= 0.3 is 0 Å². The van der Waals surface area contributed by atoms with E-state index in [1.807, 2.05) is 42.5 Å². The van der Waals surface area contributed by atoms with Crippen molar-refractivity contribution in [3.8, 4) is 0 Å². The number of halogens is 2. The monoisotopic (exact) mass is 522 g/mol. The molecule has 152 valence electrons. The molecule has 0 unspecified atom stereocenters. The maximum absolute atomic E-state index is 11.8. The number of nitrogens with one attached hydrogen (secondary N) is 2. The zero-order valence-electron chi connectivity index (χ0n) is 16.1. The highest BCUT2D eigenvalue weighted by Gasteiger charge is 2.03. The molecule has 29 heavy (non-hydrogen) atoms. The van der Waals surface area contributed by atoms with Crippen LogP contribution in [0.3, 0.4) is 0 Å². The third-order valence-corrected chi connectivity index (χ3v) is 4.73. The first kappa shape index (κ1) is 23.0. The van der Waals surface area contributed by atoms with Gasteiger partial charge in [0.1, 0.15) is 0 Å². The van der Waals surface area contributed by atoms with Crippen LogP contribution in [0.15, 0.2) is 82.7 Å². The summed E-state index contributed by atoms with van der Waals surface area (Å²) in [6.45, 7) is 1.81. The second-order valence-corrected chi connectivity index (χ2v) is 6.76. The van der Waals surface area contributed by atoms with E-state index in [9.17, 15) is 4.79 Å². The molecule has 2 N–H and O–H groups in total. The van der Waals surface area contributed by atoms with E-state index in [4.69, 9.17) is 11.6 Å². The highest BCUT2D eigenvalue weighted by molar-refractivity contribution is 14.0. The minimum absolute atomic E-state index is 0. The summed E-state index contributed by atoms with van der Waals surface area (Å²) in [5.74, 6) is 0.708. The van der Waals surface area contributed by atoms with Crippen molar-refractivity contribution in [1.82, 2.24) is 15.2 Å². The van der Waals surface area contributed by atoms with Crippen LogP contribution in [0.25, 0.3) is 0 Å². The molecule has 2 aromatic carbocycles. The van der Waals surface area contributed by atoms with E-state index in [2.05, 4.69) is 27.8 Å². The van der Waals surface area contributed by atoms with Gasteiger partial charge < -0.3 is 15.2 Å². The molecule has 0 aliphatic heterocycles. The van der Waals surface area contributed by atoms with Crippen LogP contribution < -0.4 is 16.2 Å². The summed E-state index contributed by atoms with van der Waals surface area (Å²) in [5.41, 5.74) is 3.23. The van der Waals surface area contributed by atoms with Gasteiger partial charge in [-0.1, -0.05) is 60.1 Å². The molecule has 0 saturated heterocycles. The van der Waals surface area contributed by atoms with Crippen LogP contribution in [-0.2, 0) is 19.6 Å². The van der Waals surface area contributed by atoms with Gasteiger partial charge in [0.15, 0.2) is 5.96 Å². The molecule has 0 aliphatic rings. The molecule has 0 aliphatic carbocycles. The SMILES string of the molecule is CN=C(NCc1ccc(Cn2ccccc2=O)cc1)NCc1ccccc1Cl.I. The first-order chi connectivity index (χ1) is 13.7. The molecular weight excluding hydrogens is 499 g/mol. The summed E-state index contributed by atoms with van der Waals surface area (Å²) in [7, 11) is 1.74. The van der Waals surface area contributed by atoms with Gasteiger partial charge in [0, 0.05) is 37.4 Å². The predicted octanol–water partition coefficient (Wildman–Crippen LogP) is 4.03. The van der Waals surface area contributed by atoms with Crippen molar-refractivity contribution in [2.45, 2.75) is 19.6 Å². The van der Waals surface area contributed by atoms with Gasteiger partial charge in [-0.3, -0.25) is 9.79 Å². The van der Waals surface area contributed by atoms with Crippen molar-refractivity contribution in [3.05, 3.63) is 105 Å². The van der Waals surface area contributed by atoms with E-state index >= 15 is 0 Å².